The summed E-state index contributed by atoms with van der Waals surface area (Å²) >= 11 is 6.25. The maximum Gasteiger partial charge on any atom is 0.223 e. The number of aryl methyl sites for hydroxylation is 1. The van der Waals surface area contributed by atoms with Crippen LogP contribution in [0, 0.1) is 6.92 Å². The zero-order chi connectivity index (χ0) is 10.7. The SMILES string of the molecule is Cc1ccnc(NC2CCCCC2Cl)n1. The molecule has 0 aliphatic heterocycles. The van der Waals surface area contributed by atoms with E-state index in [9.17, 15) is 0 Å². The van der Waals surface area contributed by atoms with E-state index in [1.165, 1.54) is 12.8 Å². The average Bonchev–Trinajstić information content (AvgIpc) is 2.22. The fourth-order valence-corrected chi connectivity index (χ4v) is 2.28. The number of nitrogens with one attached hydrogen (secondary N) is 1. The molecule has 0 amide bonds. The van der Waals surface area contributed by atoms with Crippen LogP contribution < -0.4 is 5.32 Å². The maximum atomic E-state index is 6.25. The Morgan fingerprint density at radius 3 is 2.93 bits per heavy atom. The Morgan fingerprint density at radius 2 is 2.20 bits per heavy atom. The third kappa shape index (κ3) is 2.81. The Balaban J connectivity index is 2.01. The second-order valence-corrected chi connectivity index (χ2v) is 4.63. The van der Waals surface area contributed by atoms with Crippen LogP contribution in [0.5, 0.6) is 0 Å². The summed E-state index contributed by atoms with van der Waals surface area (Å²) in [6, 6.07) is 2.21. The summed E-state index contributed by atoms with van der Waals surface area (Å²) in [6.07, 6.45) is 6.46. The van der Waals surface area contributed by atoms with Crippen LogP contribution in [0.25, 0.3) is 0 Å². The van der Waals surface area contributed by atoms with Crippen molar-refractivity contribution in [2.24, 2.45) is 0 Å². The third-order valence-corrected chi connectivity index (χ3v) is 3.31. The Bertz CT molecular complexity index is 329. The van der Waals surface area contributed by atoms with Gasteiger partial charge in [0.1, 0.15) is 0 Å². The predicted octanol–water partition coefficient (Wildman–Crippen LogP) is 2.75. The van der Waals surface area contributed by atoms with Gasteiger partial charge in [0.2, 0.25) is 5.95 Å². The molecule has 1 aromatic heterocycles. The molecule has 0 spiro atoms. The molecule has 1 aliphatic carbocycles. The summed E-state index contributed by atoms with van der Waals surface area (Å²) in [5.74, 6) is 0.701. The molecule has 82 valence electrons. The van der Waals surface area contributed by atoms with Crippen LogP contribution in [0.4, 0.5) is 5.95 Å². The van der Waals surface area contributed by atoms with Crippen molar-refractivity contribution in [2.45, 2.75) is 44.0 Å². The zero-order valence-corrected chi connectivity index (χ0v) is 9.67. The van der Waals surface area contributed by atoms with Crippen molar-refractivity contribution in [3.8, 4) is 0 Å². The fourth-order valence-electron chi connectivity index (χ4n) is 1.93. The van der Waals surface area contributed by atoms with Gasteiger partial charge in [-0.1, -0.05) is 12.8 Å². The minimum absolute atomic E-state index is 0.211. The number of hydrogen-bond donors (Lipinski definition) is 1. The first-order chi connectivity index (χ1) is 7.25. The Labute approximate surface area is 95.3 Å². The van der Waals surface area contributed by atoms with Crippen LogP contribution in [-0.4, -0.2) is 21.4 Å². The van der Waals surface area contributed by atoms with Gasteiger partial charge in [-0.15, -0.1) is 11.6 Å². The molecule has 0 aromatic carbocycles. The van der Waals surface area contributed by atoms with Gasteiger partial charge in [0.15, 0.2) is 0 Å². The lowest BCUT2D eigenvalue weighted by Crippen LogP contribution is -2.33. The molecule has 15 heavy (non-hydrogen) atoms. The number of rotatable bonds is 2. The van der Waals surface area contributed by atoms with Gasteiger partial charge in [0, 0.05) is 17.9 Å². The van der Waals surface area contributed by atoms with Gasteiger partial charge in [-0.25, -0.2) is 9.97 Å². The van der Waals surface area contributed by atoms with Gasteiger partial charge < -0.3 is 5.32 Å². The van der Waals surface area contributed by atoms with Crippen molar-refractivity contribution in [3.05, 3.63) is 18.0 Å². The average molecular weight is 226 g/mol. The lowest BCUT2D eigenvalue weighted by atomic mass is 9.95. The molecule has 1 fully saturated rings. The molecule has 1 N–H and O–H groups in total. The molecule has 1 aliphatic rings. The highest BCUT2D eigenvalue weighted by Gasteiger charge is 2.23. The summed E-state index contributed by atoms with van der Waals surface area (Å²) in [6.45, 7) is 1.96. The lowest BCUT2D eigenvalue weighted by molar-refractivity contribution is 0.467. The number of nitrogens with zero attached hydrogens (tertiary/aromatic N) is 2. The van der Waals surface area contributed by atoms with Crippen LogP contribution >= 0.6 is 11.6 Å². The van der Waals surface area contributed by atoms with Crippen molar-refractivity contribution in [3.63, 3.8) is 0 Å². The van der Waals surface area contributed by atoms with E-state index in [-0.39, 0.29) is 5.38 Å². The van der Waals surface area contributed by atoms with Crippen LogP contribution in [-0.2, 0) is 0 Å². The first-order valence-corrected chi connectivity index (χ1v) is 5.89. The van der Waals surface area contributed by atoms with Crippen molar-refractivity contribution in [2.75, 3.05) is 5.32 Å². The molecule has 0 saturated heterocycles. The molecule has 1 saturated carbocycles. The molecular weight excluding hydrogens is 210 g/mol. The Hall–Kier alpha value is -0.830. The molecule has 2 unspecified atom stereocenters. The maximum absolute atomic E-state index is 6.25. The van der Waals surface area contributed by atoms with Gasteiger partial charge in [0.25, 0.3) is 0 Å². The summed E-state index contributed by atoms with van der Waals surface area (Å²) in [5, 5.41) is 3.53. The molecular formula is C11H16ClN3. The molecule has 0 bridgehead atoms. The molecule has 2 rings (SSSR count). The number of alkyl halides is 1. The highest BCUT2D eigenvalue weighted by atomic mass is 35.5. The van der Waals surface area contributed by atoms with Crippen LogP contribution in [0.15, 0.2) is 12.3 Å². The monoisotopic (exact) mass is 225 g/mol. The molecule has 4 heteroatoms. The van der Waals surface area contributed by atoms with E-state index < -0.39 is 0 Å². The smallest absolute Gasteiger partial charge is 0.223 e. The molecule has 0 radical (unpaired) electrons. The van der Waals surface area contributed by atoms with Crippen molar-refractivity contribution < 1.29 is 0 Å². The van der Waals surface area contributed by atoms with Crippen LogP contribution in [0.3, 0.4) is 0 Å². The van der Waals surface area contributed by atoms with Crippen LogP contribution in [0.1, 0.15) is 31.4 Å². The summed E-state index contributed by atoms with van der Waals surface area (Å²) in [7, 11) is 0. The third-order valence-electron chi connectivity index (χ3n) is 2.79. The predicted molar refractivity (Wildman–Crippen MR) is 62.3 cm³/mol. The Kier molecular flexibility index (Phi) is 3.41. The van der Waals surface area contributed by atoms with Gasteiger partial charge >= 0.3 is 0 Å². The van der Waals surface area contributed by atoms with E-state index >= 15 is 0 Å². The minimum atomic E-state index is 0.211. The normalized spacial score (nSPS) is 26.3. The number of aromatic nitrogens is 2. The molecule has 1 heterocycles. The standard InChI is InChI=1S/C11H16ClN3/c1-8-6-7-13-11(14-8)15-10-5-3-2-4-9(10)12/h6-7,9-10H,2-5H2,1H3,(H,13,14,15). The first kappa shape index (κ1) is 10.7. The minimum Gasteiger partial charge on any atom is -0.350 e. The summed E-state index contributed by atoms with van der Waals surface area (Å²) < 4.78 is 0. The highest BCUT2D eigenvalue weighted by Crippen LogP contribution is 2.24. The molecule has 1 aromatic rings. The van der Waals surface area contributed by atoms with E-state index in [0.717, 1.165) is 18.5 Å². The first-order valence-electron chi connectivity index (χ1n) is 5.46. The van der Waals surface area contributed by atoms with Crippen LogP contribution in [0.2, 0.25) is 0 Å². The second kappa shape index (κ2) is 4.79. The Morgan fingerprint density at radius 1 is 1.40 bits per heavy atom. The topological polar surface area (TPSA) is 37.8 Å². The lowest BCUT2D eigenvalue weighted by Gasteiger charge is -2.27. The summed E-state index contributed by atoms with van der Waals surface area (Å²) in [5.41, 5.74) is 0.981. The second-order valence-electron chi connectivity index (χ2n) is 4.07. The van der Waals surface area contributed by atoms with E-state index in [1.54, 1.807) is 6.20 Å². The van der Waals surface area contributed by atoms with E-state index in [4.69, 9.17) is 11.6 Å². The summed E-state index contributed by atoms with van der Waals surface area (Å²) in [4.78, 5) is 8.51. The van der Waals surface area contributed by atoms with Gasteiger partial charge in [-0.05, 0) is 25.8 Å². The molecule has 3 nitrogen and oxygen atoms in total. The quantitative estimate of drug-likeness (QED) is 0.787. The highest BCUT2D eigenvalue weighted by molar-refractivity contribution is 6.21. The molecule has 2 atom stereocenters. The van der Waals surface area contributed by atoms with E-state index in [0.29, 0.717) is 12.0 Å². The fraction of sp³-hybridized carbons (Fsp3) is 0.636. The van der Waals surface area contributed by atoms with Gasteiger partial charge in [-0.2, -0.15) is 0 Å². The number of halogens is 1. The van der Waals surface area contributed by atoms with Gasteiger partial charge in [0.05, 0.1) is 5.38 Å². The number of hydrogen-bond acceptors (Lipinski definition) is 3. The zero-order valence-electron chi connectivity index (χ0n) is 8.91. The van der Waals surface area contributed by atoms with Crippen molar-refractivity contribution in [1.29, 1.82) is 0 Å². The van der Waals surface area contributed by atoms with Gasteiger partial charge in [-0.3, -0.25) is 0 Å². The van der Waals surface area contributed by atoms with E-state index in [2.05, 4.69) is 15.3 Å². The number of anilines is 1. The van der Waals surface area contributed by atoms with E-state index in [1.807, 2.05) is 13.0 Å². The largest absolute Gasteiger partial charge is 0.350 e. The van der Waals surface area contributed by atoms with Crippen molar-refractivity contribution in [1.82, 2.24) is 9.97 Å². The van der Waals surface area contributed by atoms with Crippen molar-refractivity contribution >= 4 is 17.5 Å².